The van der Waals surface area contributed by atoms with E-state index in [4.69, 9.17) is 4.74 Å². The van der Waals surface area contributed by atoms with Crippen molar-refractivity contribution < 1.29 is 32.3 Å². The number of amides is 3. The molecule has 3 rings (SSSR count). The molecule has 1 N–H and O–H groups in total. The lowest BCUT2D eigenvalue weighted by molar-refractivity contribution is -0.144. The zero-order valence-electron chi connectivity index (χ0n) is 17.3. The zero-order chi connectivity index (χ0) is 23.3. The van der Waals surface area contributed by atoms with E-state index in [9.17, 15) is 27.6 Å². The minimum absolute atomic E-state index is 0.0930. The molecule has 1 aliphatic rings. The van der Waals surface area contributed by atoms with Crippen LogP contribution in [0.15, 0.2) is 48.5 Å². The molecule has 0 unspecified atom stereocenters. The number of halogens is 3. The minimum Gasteiger partial charge on any atom is -0.465 e. The van der Waals surface area contributed by atoms with Gasteiger partial charge in [-0.15, -0.1) is 0 Å². The number of hydrogen-bond acceptors (Lipinski definition) is 4. The van der Waals surface area contributed by atoms with E-state index in [-0.39, 0.29) is 31.3 Å². The molecule has 2 aromatic rings. The molecule has 0 spiro atoms. The molecule has 170 valence electrons. The lowest BCUT2D eigenvalue weighted by Crippen LogP contribution is -2.36. The van der Waals surface area contributed by atoms with Gasteiger partial charge in [0, 0.05) is 30.9 Å². The fraction of sp³-hybridized carbons (Fsp3) is 0.318. The maximum Gasteiger partial charge on any atom is 0.416 e. The molecule has 3 amide bonds. The van der Waals surface area contributed by atoms with Crippen LogP contribution in [0.1, 0.15) is 28.4 Å². The zero-order valence-corrected chi connectivity index (χ0v) is 17.3. The summed E-state index contributed by atoms with van der Waals surface area (Å²) in [6.45, 7) is 2.23. The predicted molar refractivity (Wildman–Crippen MR) is 110 cm³/mol. The van der Waals surface area contributed by atoms with Gasteiger partial charge in [0.05, 0.1) is 12.2 Å². The van der Waals surface area contributed by atoms with Gasteiger partial charge in [-0.25, -0.2) is 4.79 Å². The van der Waals surface area contributed by atoms with Gasteiger partial charge in [-0.05, 0) is 42.8 Å². The van der Waals surface area contributed by atoms with E-state index in [1.807, 2.05) is 0 Å². The highest BCUT2D eigenvalue weighted by Gasteiger charge is 2.30. The molecule has 0 atom stereocenters. The number of rotatable bonds is 7. The second-order valence-corrected chi connectivity index (χ2v) is 7.09. The third-order valence-corrected chi connectivity index (χ3v) is 4.83. The number of nitrogens with one attached hydrogen (secondary N) is 1. The Morgan fingerprint density at radius 1 is 1.16 bits per heavy atom. The van der Waals surface area contributed by atoms with E-state index in [1.54, 1.807) is 25.1 Å². The summed E-state index contributed by atoms with van der Waals surface area (Å²) in [4.78, 5) is 39.9. The molecule has 1 heterocycles. The molecule has 0 bridgehead atoms. The van der Waals surface area contributed by atoms with Crippen LogP contribution in [0.4, 0.5) is 23.7 Å². The molecule has 1 aliphatic heterocycles. The van der Waals surface area contributed by atoms with Gasteiger partial charge in [-0.1, -0.05) is 18.2 Å². The predicted octanol–water partition coefficient (Wildman–Crippen LogP) is 3.44. The first-order valence-electron chi connectivity index (χ1n) is 9.95. The number of benzene rings is 2. The second kappa shape index (κ2) is 9.71. The largest absolute Gasteiger partial charge is 0.465 e. The Labute approximate surface area is 182 Å². The molecule has 2 aromatic carbocycles. The van der Waals surface area contributed by atoms with Gasteiger partial charge in [-0.2, -0.15) is 13.2 Å². The number of alkyl halides is 3. The summed E-state index contributed by atoms with van der Waals surface area (Å²) in [5, 5.41) is 2.68. The maximum absolute atomic E-state index is 13.2. The molecule has 0 radical (unpaired) electrons. The molecule has 0 aliphatic carbocycles. The number of esters is 1. The second-order valence-electron chi connectivity index (χ2n) is 7.09. The quantitative estimate of drug-likeness (QED) is 0.657. The smallest absolute Gasteiger partial charge is 0.416 e. The highest BCUT2D eigenvalue weighted by atomic mass is 19.4. The van der Waals surface area contributed by atoms with Crippen molar-refractivity contribution in [1.82, 2.24) is 10.2 Å². The third-order valence-electron chi connectivity index (χ3n) is 4.83. The summed E-state index contributed by atoms with van der Waals surface area (Å²) in [5.41, 5.74) is 0.377. The molecule has 7 nitrogen and oxygen atoms in total. The van der Waals surface area contributed by atoms with Crippen molar-refractivity contribution in [2.75, 3.05) is 31.1 Å². The van der Waals surface area contributed by atoms with Crippen LogP contribution in [0.5, 0.6) is 0 Å². The van der Waals surface area contributed by atoms with Crippen LogP contribution in [-0.4, -0.2) is 49.0 Å². The van der Waals surface area contributed by atoms with Gasteiger partial charge in [0.25, 0.3) is 5.91 Å². The average Bonchev–Trinajstić information content (AvgIpc) is 3.18. The minimum atomic E-state index is -4.47. The SMILES string of the molecule is CCOC(=O)CN(Cc1ccc(C(F)(F)F)cc1)C(=O)c1cccc(N2CCNC2=O)c1. The summed E-state index contributed by atoms with van der Waals surface area (Å²) in [7, 11) is 0. The maximum atomic E-state index is 13.2. The number of nitrogens with zero attached hydrogens (tertiary/aromatic N) is 2. The Balaban J connectivity index is 1.84. The van der Waals surface area contributed by atoms with Crippen molar-refractivity contribution in [3.63, 3.8) is 0 Å². The van der Waals surface area contributed by atoms with Gasteiger partial charge in [0.2, 0.25) is 0 Å². The van der Waals surface area contributed by atoms with E-state index in [1.165, 1.54) is 28.0 Å². The molecule has 10 heteroatoms. The normalized spacial score (nSPS) is 13.6. The van der Waals surface area contributed by atoms with Crippen LogP contribution in [-0.2, 0) is 22.3 Å². The summed E-state index contributed by atoms with van der Waals surface area (Å²) in [5.74, 6) is -1.15. The Bertz CT molecular complexity index is 993. The van der Waals surface area contributed by atoms with Crippen molar-refractivity contribution in [2.45, 2.75) is 19.6 Å². The summed E-state index contributed by atoms with van der Waals surface area (Å²) >= 11 is 0. The van der Waals surface area contributed by atoms with E-state index in [0.717, 1.165) is 12.1 Å². The fourth-order valence-electron chi connectivity index (χ4n) is 3.29. The van der Waals surface area contributed by atoms with Crippen LogP contribution in [0.25, 0.3) is 0 Å². The first kappa shape index (κ1) is 23.1. The number of ether oxygens (including phenoxy) is 1. The van der Waals surface area contributed by atoms with Gasteiger partial charge in [-0.3, -0.25) is 14.5 Å². The fourth-order valence-corrected chi connectivity index (χ4v) is 3.29. The number of carbonyl (C=O) groups excluding carboxylic acids is 3. The Kier molecular flexibility index (Phi) is 7.01. The molecule has 1 saturated heterocycles. The van der Waals surface area contributed by atoms with Crippen LogP contribution in [0, 0.1) is 0 Å². The van der Waals surface area contributed by atoms with Gasteiger partial charge < -0.3 is 15.0 Å². The Morgan fingerprint density at radius 2 is 1.88 bits per heavy atom. The first-order chi connectivity index (χ1) is 15.2. The Morgan fingerprint density at radius 3 is 2.47 bits per heavy atom. The highest BCUT2D eigenvalue weighted by Crippen LogP contribution is 2.29. The molecular formula is C22H22F3N3O4. The molecule has 32 heavy (non-hydrogen) atoms. The van der Waals surface area contributed by atoms with Crippen LogP contribution in [0.2, 0.25) is 0 Å². The van der Waals surface area contributed by atoms with Crippen molar-refractivity contribution in [3.8, 4) is 0 Å². The molecule has 0 saturated carbocycles. The highest BCUT2D eigenvalue weighted by molar-refractivity contribution is 5.99. The summed E-state index contributed by atoms with van der Waals surface area (Å²) < 4.78 is 43.4. The standard InChI is InChI=1S/C22H22F3N3O4/c1-2-32-19(29)14-27(13-15-6-8-17(9-7-15)22(23,24)25)20(30)16-4-3-5-18(12-16)28-11-10-26-21(28)31/h3-9,12H,2,10-11,13-14H2,1H3,(H,26,31). The molecule has 1 fully saturated rings. The van der Waals surface area contributed by atoms with Crippen LogP contribution in [0.3, 0.4) is 0 Å². The lowest BCUT2D eigenvalue weighted by Gasteiger charge is -2.23. The Hall–Kier alpha value is -3.56. The van der Waals surface area contributed by atoms with Crippen LogP contribution >= 0.6 is 0 Å². The van der Waals surface area contributed by atoms with E-state index in [0.29, 0.717) is 24.3 Å². The van der Waals surface area contributed by atoms with Gasteiger partial charge in [0.1, 0.15) is 6.54 Å². The summed E-state index contributed by atoms with van der Waals surface area (Å²) in [6, 6.07) is 10.5. The van der Waals surface area contributed by atoms with Gasteiger partial charge >= 0.3 is 18.2 Å². The van der Waals surface area contributed by atoms with Crippen molar-refractivity contribution in [2.24, 2.45) is 0 Å². The van der Waals surface area contributed by atoms with Crippen molar-refractivity contribution in [1.29, 1.82) is 0 Å². The third kappa shape index (κ3) is 5.57. The number of anilines is 1. The van der Waals surface area contributed by atoms with Crippen LogP contribution < -0.4 is 10.2 Å². The monoisotopic (exact) mass is 449 g/mol. The summed E-state index contributed by atoms with van der Waals surface area (Å²) in [6.07, 6.45) is -4.47. The van der Waals surface area contributed by atoms with Crippen molar-refractivity contribution in [3.05, 3.63) is 65.2 Å². The van der Waals surface area contributed by atoms with Crippen molar-refractivity contribution >= 4 is 23.6 Å². The number of urea groups is 1. The van der Waals surface area contributed by atoms with E-state index >= 15 is 0 Å². The van der Waals surface area contributed by atoms with Gasteiger partial charge in [0.15, 0.2) is 0 Å². The lowest BCUT2D eigenvalue weighted by atomic mass is 10.1. The topological polar surface area (TPSA) is 79.0 Å². The molecule has 0 aromatic heterocycles. The van der Waals surface area contributed by atoms with E-state index in [2.05, 4.69) is 5.32 Å². The number of carbonyl (C=O) groups is 3. The molecular weight excluding hydrogens is 427 g/mol. The average molecular weight is 449 g/mol. The van der Waals surface area contributed by atoms with E-state index < -0.39 is 23.6 Å². The first-order valence-corrected chi connectivity index (χ1v) is 9.95. The number of hydrogen-bond donors (Lipinski definition) is 1.